The van der Waals surface area contributed by atoms with Crippen LogP contribution in [-0.2, 0) is 9.47 Å². The summed E-state index contributed by atoms with van der Waals surface area (Å²) < 4.78 is 45.0. The van der Waals surface area contributed by atoms with E-state index in [2.05, 4.69) is 20.4 Å². The van der Waals surface area contributed by atoms with Gasteiger partial charge in [-0.25, -0.2) is 0 Å². The predicted molar refractivity (Wildman–Crippen MR) is 87.4 cm³/mol. The van der Waals surface area contributed by atoms with E-state index >= 15 is 0 Å². The lowest BCUT2D eigenvalue weighted by Crippen LogP contribution is -2.44. The fourth-order valence-electron chi connectivity index (χ4n) is 1.39. The molecule has 0 aliphatic rings. The van der Waals surface area contributed by atoms with Crippen LogP contribution in [0.4, 0.5) is 13.2 Å². The zero-order valence-electron chi connectivity index (χ0n) is 12.6. The molecule has 5 nitrogen and oxygen atoms in total. The van der Waals surface area contributed by atoms with Crippen LogP contribution in [-0.4, -0.2) is 58.2 Å². The number of halogens is 4. The lowest BCUT2D eigenvalue weighted by atomic mass is 10.4. The summed E-state index contributed by atoms with van der Waals surface area (Å²) in [5.74, 6) is 0.618. The van der Waals surface area contributed by atoms with E-state index in [1.54, 1.807) is 7.11 Å². The van der Waals surface area contributed by atoms with Gasteiger partial charge in [0.25, 0.3) is 0 Å². The van der Waals surface area contributed by atoms with E-state index in [-0.39, 0.29) is 36.6 Å². The van der Waals surface area contributed by atoms with Crippen molar-refractivity contribution in [3.8, 4) is 0 Å². The molecule has 0 heterocycles. The number of rotatable bonds is 9. The molecule has 0 aliphatic heterocycles. The summed E-state index contributed by atoms with van der Waals surface area (Å²) in [5, 5.41) is 6.18. The number of hydrogen-bond acceptors (Lipinski definition) is 3. The van der Waals surface area contributed by atoms with Crippen molar-refractivity contribution in [2.24, 2.45) is 4.99 Å². The maximum absolute atomic E-state index is 11.8. The van der Waals surface area contributed by atoms with E-state index in [0.717, 1.165) is 0 Å². The average molecular weight is 427 g/mol. The van der Waals surface area contributed by atoms with E-state index in [4.69, 9.17) is 4.74 Å². The monoisotopic (exact) mass is 427 g/mol. The molecule has 0 aromatic rings. The maximum Gasteiger partial charge on any atom is 0.411 e. The van der Waals surface area contributed by atoms with E-state index in [9.17, 15) is 13.2 Å². The highest BCUT2D eigenvalue weighted by Gasteiger charge is 2.27. The summed E-state index contributed by atoms with van der Waals surface area (Å²) in [6, 6.07) is 0.0966. The van der Waals surface area contributed by atoms with Crippen molar-refractivity contribution in [3.05, 3.63) is 0 Å². The van der Waals surface area contributed by atoms with Crippen LogP contribution >= 0.6 is 24.0 Å². The third-order valence-corrected chi connectivity index (χ3v) is 2.13. The minimum atomic E-state index is -4.27. The zero-order chi connectivity index (χ0) is 15.4. The van der Waals surface area contributed by atoms with Gasteiger partial charge in [0.1, 0.15) is 6.61 Å². The van der Waals surface area contributed by atoms with Crippen LogP contribution in [0.15, 0.2) is 4.99 Å². The van der Waals surface area contributed by atoms with Crippen LogP contribution in [0.1, 0.15) is 20.3 Å². The van der Waals surface area contributed by atoms with Crippen molar-refractivity contribution in [2.75, 3.05) is 40.0 Å². The molecule has 0 saturated carbocycles. The number of aliphatic imine (C=N–C) groups is 1. The highest BCUT2D eigenvalue weighted by molar-refractivity contribution is 14.0. The van der Waals surface area contributed by atoms with Crippen molar-refractivity contribution >= 4 is 29.9 Å². The third-order valence-electron chi connectivity index (χ3n) is 2.13. The molecule has 0 radical (unpaired) electrons. The first-order valence-electron chi connectivity index (χ1n) is 6.57. The number of hydrogen-bond donors (Lipinski definition) is 2. The molecule has 0 rings (SSSR count). The van der Waals surface area contributed by atoms with E-state index in [1.807, 2.05) is 13.8 Å². The molecule has 0 aliphatic carbocycles. The molecule has 0 bridgehead atoms. The molecule has 0 fully saturated rings. The molecule has 9 heteroatoms. The number of methoxy groups -OCH3 is 1. The Hall–Kier alpha value is -0.290. The van der Waals surface area contributed by atoms with Gasteiger partial charge in [0, 0.05) is 32.8 Å². The van der Waals surface area contributed by atoms with Gasteiger partial charge in [-0.15, -0.1) is 24.0 Å². The lowest BCUT2D eigenvalue weighted by Gasteiger charge is -2.17. The smallest absolute Gasteiger partial charge is 0.383 e. The number of ether oxygens (including phenoxy) is 2. The SMILES string of the molecule is CCNC(=NCCCOCC(F)(F)F)NC(C)COC.I. The second-order valence-electron chi connectivity index (χ2n) is 4.28. The Kier molecular flexibility index (Phi) is 14.6. The molecule has 0 amide bonds. The Morgan fingerprint density at radius 3 is 2.52 bits per heavy atom. The van der Waals surface area contributed by atoms with Crippen molar-refractivity contribution in [2.45, 2.75) is 32.5 Å². The zero-order valence-corrected chi connectivity index (χ0v) is 15.0. The molecule has 0 aromatic carbocycles. The highest BCUT2D eigenvalue weighted by atomic mass is 127. The van der Waals surface area contributed by atoms with Crippen LogP contribution in [0.25, 0.3) is 0 Å². The minimum absolute atomic E-state index is 0. The summed E-state index contributed by atoms with van der Waals surface area (Å²) in [4.78, 5) is 4.25. The van der Waals surface area contributed by atoms with Gasteiger partial charge in [-0.2, -0.15) is 13.2 Å². The largest absolute Gasteiger partial charge is 0.411 e. The quantitative estimate of drug-likeness (QED) is 0.256. The first-order valence-corrected chi connectivity index (χ1v) is 6.57. The Morgan fingerprint density at radius 2 is 2.00 bits per heavy atom. The lowest BCUT2D eigenvalue weighted by molar-refractivity contribution is -0.173. The van der Waals surface area contributed by atoms with Crippen LogP contribution < -0.4 is 10.6 Å². The molecule has 21 heavy (non-hydrogen) atoms. The van der Waals surface area contributed by atoms with Gasteiger partial charge < -0.3 is 20.1 Å². The summed E-state index contributed by atoms with van der Waals surface area (Å²) >= 11 is 0. The first-order chi connectivity index (χ1) is 9.39. The van der Waals surface area contributed by atoms with Crippen molar-refractivity contribution < 1.29 is 22.6 Å². The van der Waals surface area contributed by atoms with Crippen molar-refractivity contribution in [1.29, 1.82) is 0 Å². The first kappa shape index (κ1) is 23.0. The predicted octanol–water partition coefficient (Wildman–Crippen LogP) is 2.16. The van der Waals surface area contributed by atoms with E-state index in [1.165, 1.54) is 0 Å². The molecule has 0 spiro atoms. The Balaban J connectivity index is 0. The van der Waals surface area contributed by atoms with Crippen LogP contribution in [0.3, 0.4) is 0 Å². The number of alkyl halides is 3. The molecular formula is C12H25F3IN3O2. The van der Waals surface area contributed by atoms with Crippen LogP contribution in [0.2, 0.25) is 0 Å². The van der Waals surface area contributed by atoms with E-state index in [0.29, 0.717) is 32.1 Å². The Labute approximate surface area is 141 Å². The molecule has 0 aromatic heterocycles. The summed E-state index contributed by atoms with van der Waals surface area (Å²) in [7, 11) is 1.61. The summed E-state index contributed by atoms with van der Waals surface area (Å²) in [6.45, 7) is 4.35. The van der Waals surface area contributed by atoms with Gasteiger partial charge in [0.2, 0.25) is 0 Å². The van der Waals surface area contributed by atoms with Gasteiger partial charge >= 0.3 is 6.18 Å². The van der Waals surface area contributed by atoms with Crippen LogP contribution in [0.5, 0.6) is 0 Å². The molecule has 0 saturated heterocycles. The van der Waals surface area contributed by atoms with Gasteiger partial charge in [0.05, 0.1) is 6.61 Å². The second-order valence-corrected chi connectivity index (χ2v) is 4.28. The van der Waals surface area contributed by atoms with E-state index < -0.39 is 12.8 Å². The standard InChI is InChI=1S/C12H24F3N3O2.HI/c1-4-16-11(18-10(2)8-19-3)17-6-5-7-20-9-12(13,14)15;/h10H,4-9H2,1-3H3,(H2,16,17,18);1H. The fraction of sp³-hybridized carbons (Fsp3) is 0.917. The molecule has 1 unspecified atom stereocenters. The molecule has 1 atom stereocenters. The van der Waals surface area contributed by atoms with Gasteiger partial charge in [-0.05, 0) is 20.3 Å². The summed E-state index contributed by atoms with van der Waals surface area (Å²) in [6.07, 6.45) is -3.83. The summed E-state index contributed by atoms with van der Waals surface area (Å²) in [5.41, 5.74) is 0. The topological polar surface area (TPSA) is 54.9 Å². The normalized spacial score (nSPS) is 13.5. The number of guanidine groups is 1. The van der Waals surface area contributed by atoms with Crippen LogP contribution in [0, 0.1) is 0 Å². The number of nitrogens with one attached hydrogen (secondary N) is 2. The van der Waals surface area contributed by atoms with Gasteiger partial charge in [-0.3, -0.25) is 4.99 Å². The maximum atomic E-state index is 11.8. The molecule has 128 valence electrons. The second kappa shape index (κ2) is 13.4. The Morgan fingerprint density at radius 1 is 1.33 bits per heavy atom. The van der Waals surface area contributed by atoms with Crippen molar-refractivity contribution in [1.82, 2.24) is 10.6 Å². The van der Waals surface area contributed by atoms with Gasteiger partial charge in [-0.1, -0.05) is 0 Å². The highest BCUT2D eigenvalue weighted by Crippen LogP contribution is 2.14. The molecular weight excluding hydrogens is 402 g/mol. The minimum Gasteiger partial charge on any atom is -0.383 e. The molecule has 2 N–H and O–H groups in total. The fourth-order valence-corrected chi connectivity index (χ4v) is 1.39. The van der Waals surface area contributed by atoms with Gasteiger partial charge in [0.15, 0.2) is 5.96 Å². The van der Waals surface area contributed by atoms with Crippen molar-refractivity contribution in [3.63, 3.8) is 0 Å². The third kappa shape index (κ3) is 15.9. The number of nitrogens with zero attached hydrogens (tertiary/aromatic N) is 1. The average Bonchev–Trinajstić information content (AvgIpc) is 2.32. The Bertz CT molecular complexity index is 279.